The lowest BCUT2D eigenvalue weighted by Crippen LogP contribution is -2.32. The van der Waals surface area contributed by atoms with Gasteiger partial charge in [0.25, 0.3) is 5.91 Å². The van der Waals surface area contributed by atoms with E-state index in [9.17, 15) is 4.79 Å². The van der Waals surface area contributed by atoms with Crippen LogP contribution in [0, 0.1) is 0 Å². The molecule has 0 saturated carbocycles. The van der Waals surface area contributed by atoms with Crippen molar-refractivity contribution in [3.8, 4) is 5.75 Å². The SMILES string of the molecule is COc1ccc(N(Cc2cccs2)C(=O)c2cnc3n2CCCC3)cc1. The van der Waals surface area contributed by atoms with Gasteiger partial charge >= 0.3 is 0 Å². The van der Waals surface area contributed by atoms with Gasteiger partial charge < -0.3 is 14.2 Å². The van der Waals surface area contributed by atoms with Crippen LogP contribution in [0.15, 0.2) is 48.0 Å². The van der Waals surface area contributed by atoms with Crippen molar-refractivity contribution in [3.63, 3.8) is 0 Å². The quantitative estimate of drug-likeness (QED) is 0.681. The van der Waals surface area contributed by atoms with E-state index in [1.807, 2.05) is 40.6 Å². The number of carbonyl (C=O) groups is 1. The maximum absolute atomic E-state index is 13.4. The number of ether oxygens (including phenoxy) is 1. The molecule has 2 aromatic heterocycles. The molecule has 3 heterocycles. The summed E-state index contributed by atoms with van der Waals surface area (Å²) in [6.07, 6.45) is 4.91. The molecule has 1 amide bonds. The number of imidazole rings is 1. The van der Waals surface area contributed by atoms with Crippen LogP contribution >= 0.6 is 11.3 Å². The standard InChI is InChI=1S/C20H21N3O2S/c1-25-16-9-7-15(8-10-16)23(14-17-5-4-12-26-17)20(24)18-13-21-19-6-2-3-11-22(18)19/h4-5,7-10,12-13H,2-3,6,11,14H2,1H3. The zero-order chi connectivity index (χ0) is 17.9. The molecule has 0 unspecified atom stereocenters. The van der Waals surface area contributed by atoms with Gasteiger partial charge in [0.2, 0.25) is 0 Å². The number of hydrogen-bond donors (Lipinski definition) is 0. The number of nitrogens with zero attached hydrogens (tertiary/aromatic N) is 3. The third-order valence-electron chi connectivity index (χ3n) is 4.71. The highest BCUT2D eigenvalue weighted by atomic mass is 32.1. The van der Waals surface area contributed by atoms with Gasteiger partial charge in [-0.2, -0.15) is 0 Å². The minimum atomic E-state index is -0.00998. The zero-order valence-corrected chi connectivity index (χ0v) is 15.5. The molecule has 26 heavy (non-hydrogen) atoms. The number of methoxy groups -OCH3 is 1. The van der Waals surface area contributed by atoms with E-state index >= 15 is 0 Å². The molecule has 3 aromatic rings. The number of hydrogen-bond acceptors (Lipinski definition) is 4. The van der Waals surface area contributed by atoms with E-state index in [1.54, 1.807) is 24.6 Å². The number of aromatic nitrogens is 2. The van der Waals surface area contributed by atoms with E-state index in [0.717, 1.165) is 47.9 Å². The molecule has 0 spiro atoms. The van der Waals surface area contributed by atoms with Crippen molar-refractivity contribution in [1.29, 1.82) is 0 Å². The second kappa shape index (κ2) is 7.33. The van der Waals surface area contributed by atoms with E-state index in [4.69, 9.17) is 4.74 Å². The fraction of sp³-hybridized carbons (Fsp3) is 0.300. The second-order valence-corrected chi connectivity index (χ2v) is 7.37. The Morgan fingerprint density at radius 2 is 2.12 bits per heavy atom. The molecule has 0 atom stereocenters. The van der Waals surface area contributed by atoms with Crippen LogP contribution in [-0.2, 0) is 19.5 Å². The topological polar surface area (TPSA) is 47.4 Å². The van der Waals surface area contributed by atoms with Crippen LogP contribution in [0.2, 0.25) is 0 Å². The largest absolute Gasteiger partial charge is 0.497 e. The molecule has 0 saturated heterocycles. The number of aryl methyl sites for hydroxylation is 1. The highest BCUT2D eigenvalue weighted by molar-refractivity contribution is 7.09. The lowest BCUT2D eigenvalue weighted by atomic mass is 10.1. The fourth-order valence-electron chi connectivity index (χ4n) is 3.33. The normalized spacial score (nSPS) is 13.3. The summed E-state index contributed by atoms with van der Waals surface area (Å²) in [5.41, 5.74) is 1.53. The second-order valence-electron chi connectivity index (χ2n) is 6.34. The molecule has 4 rings (SSSR count). The Balaban J connectivity index is 1.69. The first-order valence-corrected chi connectivity index (χ1v) is 9.67. The van der Waals surface area contributed by atoms with Crippen LogP contribution in [0.1, 0.15) is 34.0 Å². The summed E-state index contributed by atoms with van der Waals surface area (Å²) in [5, 5.41) is 2.03. The minimum absolute atomic E-state index is 0.00998. The third kappa shape index (κ3) is 3.24. The predicted octanol–water partition coefficient (Wildman–Crippen LogP) is 4.14. The first-order valence-electron chi connectivity index (χ1n) is 8.79. The molecule has 0 radical (unpaired) electrons. The molecule has 134 valence electrons. The summed E-state index contributed by atoms with van der Waals surface area (Å²) in [5.74, 6) is 1.79. The predicted molar refractivity (Wildman–Crippen MR) is 103 cm³/mol. The Hall–Kier alpha value is -2.60. The number of thiophene rings is 1. The van der Waals surface area contributed by atoms with Gasteiger partial charge in [-0.1, -0.05) is 6.07 Å². The average molecular weight is 367 g/mol. The number of anilines is 1. The summed E-state index contributed by atoms with van der Waals surface area (Å²) < 4.78 is 7.33. The Morgan fingerprint density at radius 1 is 1.27 bits per heavy atom. The van der Waals surface area contributed by atoms with Gasteiger partial charge in [0, 0.05) is 23.5 Å². The van der Waals surface area contributed by atoms with Crippen molar-refractivity contribution >= 4 is 22.9 Å². The zero-order valence-electron chi connectivity index (χ0n) is 14.7. The maximum Gasteiger partial charge on any atom is 0.276 e. The van der Waals surface area contributed by atoms with Crippen molar-refractivity contribution < 1.29 is 9.53 Å². The van der Waals surface area contributed by atoms with Gasteiger partial charge in [-0.3, -0.25) is 4.79 Å². The highest BCUT2D eigenvalue weighted by Gasteiger charge is 2.25. The fourth-order valence-corrected chi connectivity index (χ4v) is 4.02. The Morgan fingerprint density at radius 3 is 2.85 bits per heavy atom. The Bertz CT molecular complexity index is 884. The molecule has 1 aliphatic heterocycles. The molecular weight excluding hydrogens is 346 g/mol. The van der Waals surface area contributed by atoms with Crippen LogP contribution in [0.25, 0.3) is 0 Å². The monoisotopic (exact) mass is 367 g/mol. The lowest BCUT2D eigenvalue weighted by molar-refractivity contribution is 0.0975. The first-order chi connectivity index (χ1) is 12.8. The van der Waals surface area contributed by atoms with Gasteiger partial charge in [0.05, 0.1) is 19.9 Å². The Labute approximate surface area is 156 Å². The van der Waals surface area contributed by atoms with Crippen molar-refractivity contribution in [2.75, 3.05) is 12.0 Å². The molecule has 0 N–H and O–H groups in total. The van der Waals surface area contributed by atoms with E-state index < -0.39 is 0 Å². The molecule has 0 aliphatic carbocycles. The number of rotatable bonds is 5. The number of fused-ring (bicyclic) bond motifs is 1. The van der Waals surface area contributed by atoms with E-state index in [0.29, 0.717) is 12.2 Å². The van der Waals surface area contributed by atoms with E-state index in [1.165, 1.54) is 0 Å². The third-order valence-corrected chi connectivity index (χ3v) is 5.57. The number of amides is 1. The van der Waals surface area contributed by atoms with Crippen molar-refractivity contribution in [2.45, 2.75) is 32.4 Å². The molecule has 0 bridgehead atoms. The lowest BCUT2D eigenvalue weighted by Gasteiger charge is -2.24. The molecule has 0 fully saturated rings. The molecule has 1 aromatic carbocycles. The van der Waals surface area contributed by atoms with Crippen LogP contribution in [-0.4, -0.2) is 22.6 Å². The summed E-state index contributed by atoms with van der Waals surface area (Å²) in [4.78, 5) is 20.8. The van der Waals surface area contributed by atoms with E-state index in [2.05, 4.69) is 15.6 Å². The van der Waals surface area contributed by atoms with Crippen LogP contribution < -0.4 is 9.64 Å². The van der Waals surface area contributed by atoms with Crippen LogP contribution in [0.5, 0.6) is 5.75 Å². The van der Waals surface area contributed by atoms with Gasteiger partial charge in [-0.25, -0.2) is 4.98 Å². The minimum Gasteiger partial charge on any atom is -0.497 e. The molecular formula is C20H21N3O2S. The van der Waals surface area contributed by atoms with Gasteiger partial charge in [-0.15, -0.1) is 11.3 Å². The smallest absolute Gasteiger partial charge is 0.276 e. The average Bonchev–Trinajstić information content (AvgIpc) is 3.35. The molecule has 6 heteroatoms. The highest BCUT2D eigenvalue weighted by Crippen LogP contribution is 2.26. The Kier molecular flexibility index (Phi) is 4.75. The van der Waals surface area contributed by atoms with Gasteiger partial charge in [-0.05, 0) is 48.6 Å². The summed E-state index contributed by atoms with van der Waals surface area (Å²) in [6.45, 7) is 1.41. The summed E-state index contributed by atoms with van der Waals surface area (Å²) >= 11 is 1.66. The summed E-state index contributed by atoms with van der Waals surface area (Å²) in [6, 6.07) is 11.7. The first kappa shape index (κ1) is 16.8. The maximum atomic E-state index is 13.4. The molecule has 5 nitrogen and oxygen atoms in total. The van der Waals surface area contributed by atoms with Crippen molar-refractivity contribution in [3.05, 3.63) is 64.4 Å². The molecule has 1 aliphatic rings. The number of carbonyl (C=O) groups excluding carboxylic acids is 1. The van der Waals surface area contributed by atoms with Crippen molar-refractivity contribution in [1.82, 2.24) is 9.55 Å². The van der Waals surface area contributed by atoms with E-state index in [-0.39, 0.29) is 5.91 Å². The van der Waals surface area contributed by atoms with Crippen LogP contribution in [0.3, 0.4) is 0 Å². The van der Waals surface area contributed by atoms with Gasteiger partial charge in [0.15, 0.2) is 0 Å². The van der Waals surface area contributed by atoms with Crippen LogP contribution in [0.4, 0.5) is 5.69 Å². The number of benzene rings is 1. The summed E-state index contributed by atoms with van der Waals surface area (Å²) in [7, 11) is 1.64. The van der Waals surface area contributed by atoms with Crippen molar-refractivity contribution in [2.24, 2.45) is 0 Å². The van der Waals surface area contributed by atoms with Gasteiger partial charge in [0.1, 0.15) is 17.3 Å².